The molecule has 8 heteroatoms. The fourth-order valence-corrected chi connectivity index (χ4v) is 2.74. The number of fused-ring (bicyclic) bond motifs is 1. The lowest BCUT2D eigenvalue weighted by Gasteiger charge is -2.14. The van der Waals surface area contributed by atoms with Crippen LogP contribution in [0.4, 0.5) is 14.6 Å². The van der Waals surface area contributed by atoms with Gasteiger partial charge in [-0.1, -0.05) is 6.07 Å². The molecule has 6 nitrogen and oxygen atoms in total. The Morgan fingerprint density at radius 1 is 1.27 bits per heavy atom. The topological polar surface area (TPSA) is 74.3 Å². The number of anilines is 1. The Morgan fingerprint density at radius 3 is 2.81 bits per heavy atom. The van der Waals surface area contributed by atoms with E-state index in [1.165, 1.54) is 19.1 Å². The number of amides is 2. The van der Waals surface area contributed by atoms with Crippen molar-refractivity contribution in [2.24, 2.45) is 0 Å². The normalized spacial score (nSPS) is 12.9. The molecule has 1 aromatic heterocycles. The van der Waals surface area contributed by atoms with E-state index in [1.54, 1.807) is 17.0 Å². The summed E-state index contributed by atoms with van der Waals surface area (Å²) < 4.78 is 26.6. The van der Waals surface area contributed by atoms with Gasteiger partial charge < -0.3 is 15.5 Å². The summed E-state index contributed by atoms with van der Waals surface area (Å²) in [5, 5.41) is 5.63. The fourth-order valence-electron chi connectivity index (χ4n) is 2.74. The van der Waals surface area contributed by atoms with Crippen LogP contribution in [0.5, 0.6) is 0 Å². The van der Waals surface area contributed by atoms with Crippen LogP contribution in [-0.4, -0.2) is 34.8 Å². The molecule has 1 aliphatic rings. The lowest BCUT2D eigenvalue weighted by molar-refractivity contribution is -0.119. The van der Waals surface area contributed by atoms with Gasteiger partial charge in [0.05, 0.1) is 17.8 Å². The monoisotopic (exact) mass is 360 g/mol. The molecule has 0 bridgehead atoms. The quantitative estimate of drug-likeness (QED) is 0.827. The second kappa shape index (κ2) is 7.47. The molecule has 1 aromatic carbocycles. The van der Waals surface area contributed by atoms with Crippen LogP contribution in [0.1, 0.15) is 28.5 Å². The predicted molar refractivity (Wildman–Crippen MR) is 91.3 cm³/mol. The largest absolute Gasteiger partial charge is 0.366 e. The number of benzene rings is 1. The van der Waals surface area contributed by atoms with Crippen LogP contribution in [0, 0.1) is 11.6 Å². The van der Waals surface area contributed by atoms with Gasteiger partial charge in [0.2, 0.25) is 5.91 Å². The first-order valence-electron chi connectivity index (χ1n) is 8.15. The number of halogens is 2. The van der Waals surface area contributed by atoms with Gasteiger partial charge in [0, 0.05) is 38.2 Å². The van der Waals surface area contributed by atoms with Crippen molar-refractivity contribution in [3.8, 4) is 0 Å². The molecule has 1 aliphatic heterocycles. The molecule has 0 unspecified atom stereocenters. The molecular formula is C18H18F2N4O2. The van der Waals surface area contributed by atoms with E-state index in [9.17, 15) is 18.4 Å². The summed E-state index contributed by atoms with van der Waals surface area (Å²) in [7, 11) is 0. The lowest BCUT2D eigenvalue weighted by atomic mass is 10.2. The molecule has 0 saturated heterocycles. The highest BCUT2D eigenvalue weighted by Crippen LogP contribution is 2.23. The lowest BCUT2D eigenvalue weighted by Crippen LogP contribution is -2.34. The first kappa shape index (κ1) is 17.8. The van der Waals surface area contributed by atoms with Crippen LogP contribution < -0.4 is 10.6 Å². The average Bonchev–Trinajstić information content (AvgIpc) is 2.89. The fraction of sp³-hybridized carbons (Fsp3) is 0.278. The number of nitrogens with zero attached hydrogens (tertiary/aromatic N) is 2. The van der Waals surface area contributed by atoms with Gasteiger partial charge in [-0.15, -0.1) is 0 Å². The van der Waals surface area contributed by atoms with Crippen molar-refractivity contribution in [3.05, 3.63) is 58.8 Å². The van der Waals surface area contributed by atoms with Gasteiger partial charge in [0.1, 0.15) is 17.5 Å². The maximum absolute atomic E-state index is 13.7. The Labute approximate surface area is 149 Å². The van der Waals surface area contributed by atoms with E-state index in [1.807, 2.05) is 0 Å². The van der Waals surface area contributed by atoms with Crippen molar-refractivity contribution >= 4 is 17.6 Å². The first-order valence-corrected chi connectivity index (χ1v) is 8.15. The number of pyridine rings is 1. The van der Waals surface area contributed by atoms with Crippen molar-refractivity contribution in [3.63, 3.8) is 0 Å². The summed E-state index contributed by atoms with van der Waals surface area (Å²) in [6.07, 6.45) is 0. The van der Waals surface area contributed by atoms with E-state index in [-0.39, 0.29) is 18.4 Å². The molecule has 2 amide bonds. The Kier molecular flexibility index (Phi) is 5.11. The minimum atomic E-state index is -0.627. The highest BCUT2D eigenvalue weighted by atomic mass is 19.1. The zero-order valence-electron chi connectivity index (χ0n) is 14.2. The molecule has 2 aromatic rings. The van der Waals surface area contributed by atoms with Crippen LogP contribution in [0.3, 0.4) is 0 Å². The Balaban J connectivity index is 1.63. The van der Waals surface area contributed by atoms with Crippen LogP contribution in [0.2, 0.25) is 0 Å². The van der Waals surface area contributed by atoms with E-state index in [4.69, 9.17) is 0 Å². The average molecular weight is 360 g/mol. The number of carbonyl (C=O) groups excluding carboxylic acids is 2. The second-order valence-electron chi connectivity index (χ2n) is 5.99. The van der Waals surface area contributed by atoms with Crippen molar-refractivity contribution in [1.29, 1.82) is 0 Å². The van der Waals surface area contributed by atoms with Crippen LogP contribution >= 0.6 is 0 Å². The van der Waals surface area contributed by atoms with Crippen LogP contribution in [-0.2, 0) is 17.9 Å². The van der Waals surface area contributed by atoms with Crippen LogP contribution in [0.15, 0.2) is 30.3 Å². The third kappa shape index (κ3) is 3.96. The first-order chi connectivity index (χ1) is 12.4. The maximum atomic E-state index is 13.7. The summed E-state index contributed by atoms with van der Waals surface area (Å²) in [6, 6.07) is 6.72. The highest BCUT2D eigenvalue weighted by Gasteiger charge is 2.28. The molecule has 26 heavy (non-hydrogen) atoms. The van der Waals surface area contributed by atoms with Gasteiger partial charge in [-0.2, -0.15) is 0 Å². The third-order valence-electron chi connectivity index (χ3n) is 4.06. The zero-order valence-corrected chi connectivity index (χ0v) is 14.2. The molecule has 3 rings (SSSR count). The minimum absolute atomic E-state index is 0.131. The van der Waals surface area contributed by atoms with E-state index in [0.29, 0.717) is 42.3 Å². The van der Waals surface area contributed by atoms with Gasteiger partial charge in [-0.05, 0) is 18.2 Å². The summed E-state index contributed by atoms with van der Waals surface area (Å²) in [5.41, 5.74) is 1.47. The van der Waals surface area contributed by atoms with Gasteiger partial charge >= 0.3 is 0 Å². The molecule has 0 spiro atoms. The van der Waals surface area contributed by atoms with Crippen LogP contribution in [0.25, 0.3) is 0 Å². The van der Waals surface area contributed by atoms with E-state index >= 15 is 0 Å². The molecule has 2 heterocycles. The number of hydrogen-bond acceptors (Lipinski definition) is 4. The molecular weight excluding hydrogens is 342 g/mol. The van der Waals surface area contributed by atoms with Crippen molar-refractivity contribution in [2.45, 2.75) is 20.0 Å². The second-order valence-corrected chi connectivity index (χ2v) is 5.99. The summed E-state index contributed by atoms with van der Waals surface area (Å²) in [5.74, 6) is -1.03. The molecule has 0 radical (unpaired) electrons. The molecule has 136 valence electrons. The number of nitrogens with one attached hydrogen (secondary N) is 2. The smallest absolute Gasteiger partial charge is 0.256 e. The standard InChI is InChI=1S/C18H18F2N4O2/c1-11(25)21-6-7-24-10-16-14(18(24)26)4-5-17(23-16)22-9-12-2-3-13(19)8-15(12)20/h2-5,8H,6-7,9-10H2,1H3,(H,21,25)(H,22,23). The summed E-state index contributed by atoms with van der Waals surface area (Å²) >= 11 is 0. The van der Waals surface area contributed by atoms with Gasteiger partial charge in [0.25, 0.3) is 5.91 Å². The van der Waals surface area contributed by atoms with E-state index < -0.39 is 11.6 Å². The maximum Gasteiger partial charge on any atom is 0.256 e. The van der Waals surface area contributed by atoms with Crippen molar-refractivity contribution in [1.82, 2.24) is 15.2 Å². The van der Waals surface area contributed by atoms with Gasteiger partial charge in [-0.3, -0.25) is 9.59 Å². The van der Waals surface area contributed by atoms with Gasteiger partial charge in [-0.25, -0.2) is 13.8 Å². The van der Waals surface area contributed by atoms with Crippen molar-refractivity contribution < 1.29 is 18.4 Å². The van der Waals surface area contributed by atoms with E-state index in [2.05, 4.69) is 15.6 Å². The minimum Gasteiger partial charge on any atom is -0.366 e. The van der Waals surface area contributed by atoms with E-state index in [0.717, 1.165) is 6.07 Å². The third-order valence-corrected chi connectivity index (χ3v) is 4.06. The summed E-state index contributed by atoms with van der Waals surface area (Å²) in [6.45, 7) is 2.71. The highest BCUT2D eigenvalue weighted by molar-refractivity contribution is 5.98. The number of rotatable bonds is 6. The Bertz CT molecular complexity index is 857. The summed E-state index contributed by atoms with van der Waals surface area (Å²) in [4.78, 5) is 29.2. The zero-order chi connectivity index (χ0) is 18.7. The van der Waals surface area contributed by atoms with Gasteiger partial charge in [0.15, 0.2) is 0 Å². The molecule has 2 N–H and O–H groups in total. The molecule has 0 saturated carbocycles. The number of hydrogen-bond donors (Lipinski definition) is 2. The molecule has 0 aliphatic carbocycles. The molecule has 0 fully saturated rings. The Hall–Kier alpha value is -3.03. The number of aromatic nitrogens is 1. The molecule has 0 atom stereocenters. The SMILES string of the molecule is CC(=O)NCCN1Cc2nc(NCc3ccc(F)cc3F)ccc2C1=O. The van der Waals surface area contributed by atoms with Crippen molar-refractivity contribution in [2.75, 3.05) is 18.4 Å². The predicted octanol–water partition coefficient (Wildman–Crippen LogP) is 2.06. The Morgan fingerprint density at radius 2 is 2.08 bits per heavy atom. The number of carbonyl (C=O) groups is 2.